The summed E-state index contributed by atoms with van der Waals surface area (Å²) in [6, 6.07) is 32.7. The Balaban J connectivity index is 1.36. The average Bonchev–Trinajstić information content (AvgIpc) is 3.74. The maximum atomic E-state index is 2.50. The molecule has 46 heavy (non-hydrogen) atoms. The van der Waals surface area contributed by atoms with Gasteiger partial charge in [0.05, 0.1) is 11.0 Å². The summed E-state index contributed by atoms with van der Waals surface area (Å²) in [5.41, 5.74) is 16.3. The summed E-state index contributed by atoms with van der Waals surface area (Å²) in [4.78, 5) is 0. The van der Waals surface area contributed by atoms with Crippen LogP contribution in [0.25, 0.3) is 49.7 Å². The highest BCUT2D eigenvalue weighted by atomic mass is 32.1. The molecule has 0 fully saturated rings. The molecule has 0 bridgehead atoms. The molecule has 1 aliphatic heterocycles. The molecule has 3 aromatic heterocycles. The Hall–Kier alpha value is -3.86. The first-order valence-electron chi connectivity index (χ1n) is 16.4. The van der Waals surface area contributed by atoms with E-state index in [9.17, 15) is 0 Å². The highest BCUT2D eigenvalue weighted by Gasteiger charge is 2.35. The molecule has 0 spiro atoms. The summed E-state index contributed by atoms with van der Waals surface area (Å²) in [6.07, 6.45) is 0. The number of rotatable bonds is 2. The van der Waals surface area contributed by atoms with E-state index in [0.717, 1.165) is 0 Å². The zero-order valence-corrected chi connectivity index (χ0v) is 29.7. The van der Waals surface area contributed by atoms with Gasteiger partial charge in [-0.1, -0.05) is 94.5 Å². The average molecular weight is 634 g/mol. The predicted molar refractivity (Wildman–Crippen MR) is 205 cm³/mol. The number of benzene rings is 4. The minimum atomic E-state index is 0.0821. The molecule has 4 aromatic carbocycles. The van der Waals surface area contributed by atoms with Gasteiger partial charge in [0.2, 0.25) is 0 Å². The molecule has 0 amide bonds. The van der Waals surface area contributed by atoms with Gasteiger partial charge in [-0.2, -0.15) is 22.7 Å². The van der Waals surface area contributed by atoms with Crippen LogP contribution < -0.4 is 15.0 Å². The van der Waals surface area contributed by atoms with E-state index in [-0.39, 0.29) is 17.5 Å². The van der Waals surface area contributed by atoms with Crippen LogP contribution in [-0.2, 0) is 10.8 Å². The van der Waals surface area contributed by atoms with Crippen LogP contribution in [0, 0.1) is 13.8 Å². The lowest BCUT2D eigenvalue weighted by Gasteiger charge is -2.21. The number of thiophene rings is 2. The van der Waals surface area contributed by atoms with E-state index in [0.29, 0.717) is 0 Å². The van der Waals surface area contributed by atoms with Gasteiger partial charge in [0.1, 0.15) is 0 Å². The first kappa shape index (κ1) is 29.5. The molecule has 0 saturated carbocycles. The Morgan fingerprint density at radius 1 is 0.543 bits per heavy atom. The molecule has 0 radical (unpaired) electrons. The Kier molecular flexibility index (Phi) is 6.63. The molecule has 7 aromatic rings. The van der Waals surface area contributed by atoms with Gasteiger partial charge in [-0.05, 0) is 127 Å². The minimum Gasteiger partial charge on any atom is -0.309 e. The third-order valence-electron chi connectivity index (χ3n) is 10.0. The van der Waals surface area contributed by atoms with E-state index in [1.54, 1.807) is 0 Å². The summed E-state index contributed by atoms with van der Waals surface area (Å²) >= 11 is 3.81. The van der Waals surface area contributed by atoms with Crippen molar-refractivity contribution in [3.05, 3.63) is 118 Å². The smallest absolute Gasteiger partial charge is 0.268 e. The van der Waals surface area contributed by atoms with Gasteiger partial charge in [-0.25, -0.2) is 0 Å². The van der Waals surface area contributed by atoms with Crippen LogP contribution >= 0.6 is 22.7 Å². The highest BCUT2D eigenvalue weighted by molar-refractivity contribution is 7.34. The topological polar surface area (TPSA) is 4.93 Å². The van der Waals surface area contributed by atoms with E-state index < -0.39 is 0 Å². The lowest BCUT2D eigenvalue weighted by atomic mass is 9.40. The molecule has 228 valence electrons. The van der Waals surface area contributed by atoms with Gasteiger partial charge in [-0.15, -0.1) is 0 Å². The normalized spacial score (nSPS) is 13.2. The van der Waals surface area contributed by atoms with Crippen molar-refractivity contribution in [1.82, 2.24) is 4.57 Å². The van der Waals surface area contributed by atoms with E-state index >= 15 is 0 Å². The third-order valence-corrected chi connectivity index (χ3v) is 12.0. The first-order valence-corrected chi connectivity index (χ1v) is 18.1. The van der Waals surface area contributed by atoms with Crippen LogP contribution in [0.1, 0.15) is 63.8 Å². The zero-order valence-electron chi connectivity index (χ0n) is 28.1. The molecule has 0 atom stereocenters. The maximum Gasteiger partial charge on any atom is 0.268 e. The predicted octanol–water partition coefficient (Wildman–Crippen LogP) is 10.3. The highest BCUT2D eigenvalue weighted by Crippen LogP contribution is 2.39. The Morgan fingerprint density at radius 3 is 1.43 bits per heavy atom. The molecule has 4 heterocycles. The van der Waals surface area contributed by atoms with Gasteiger partial charge in [-0.3, -0.25) is 0 Å². The van der Waals surface area contributed by atoms with Crippen LogP contribution in [-0.4, -0.2) is 11.3 Å². The van der Waals surface area contributed by atoms with Gasteiger partial charge in [0, 0.05) is 16.5 Å². The Bertz CT molecular complexity index is 2160. The van der Waals surface area contributed by atoms with Crippen molar-refractivity contribution >= 4 is 66.2 Å². The minimum absolute atomic E-state index is 0.0821. The second-order valence-corrected chi connectivity index (χ2v) is 17.1. The number of hydrogen-bond donors (Lipinski definition) is 0. The fourth-order valence-electron chi connectivity index (χ4n) is 7.64. The SMILES string of the molecule is Cc1cc(-n2c3ccc(C(C)(C)C)cc3c3cc(C(C)(C)C)ccc32)cc(C)c1B1c2sccc2-c2ccccc2-c2ccsc21. The monoisotopic (exact) mass is 633 g/mol. The molecule has 1 nitrogen and oxygen atoms in total. The second kappa shape index (κ2) is 10.3. The number of aromatic nitrogens is 1. The lowest BCUT2D eigenvalue weighted by Crippen LogP contribution is -2.52. The van der Waals surface area contributed by atoms with Crippen molar-refractivity contribution in [3.63, 3.8) is 0 Å². The third kappa shape index (κ3) is 4.48. The van der Waals surface area contributed by atoms with Crippen LogP contribution in [0.15, 0.2) is 95.7 Å². The zero-order chi connectivity index (χ0) is 32.1. The van der Waals surface area contributed by atoms with Crippen molar-refractivity contribution in [2.45, 2.75) is 66.2 Å². The molecule has 0 unspecified atom stereocenters. The summed E-state index contributed by atoms with van der Waals surface area (Å²) in [7, 11) is 0. The van der Waals surface area contributed by atoms with E-state index in [1.807, 2.05) is 22.7 Å². The number of fused-ring (bicyclic) bond motifs is 8. The fraction of sp³-hybridized carbons (Fsp3) is 0.238. The van der Waals surface area contributed by atoms with E-state index in [1.165, 1.54) is 87.0 Å². The molecule has 1 aliphatic rings. The molecule has 4 heteroatoms. The van der Waals surface area contributed by atoms with Crippen LogP contribution in [0.2, 0.25) is 0 Å². The van der Waals surface area contributed by atoms with Crippen LogP contribution in [0.3, 0.4) is 0 Å². The molecule has 8 rings (SSSR count). The van der Waals surface area contributed by atoms with Crippen LogP contribution in [0.4, 0.5) is 0 Å². The number of hydrogen-bond acceptors (Lipinski definition) is 2. The lowest BCUT2D eigenvalue weighted by molar-refractivity contribution is 0.590. The quantitative estimate of drug-likeness (QED) is 0.167. The first-order chi connectivity index (χ1) is 21.9. The van der Waals surface area contributed by atoms with Crippen LogP contribution in [0.5, 0.6) is 0 Å². The van der Waals surface area contributed by atoms with E-state index in [2.05, 4.69) is 156 Å². The summed E-state index contributed by atoms with van der Waals surface area (Å²) < 4.78 is 5.41. The van der Waals surface area contributed by atoms with Crippen molar-refractivity contribution in [2.24, 2.45) is 0 Å². The molecular weight excluding hydrogens is 593 g/mol. The van der Waals surface area contributed by atoms with Crippen molar-refractivity contribution in [2.75, 3.05) is 0 Å². The summed E-state index contributed by atoms with van der Waals surface area (Å²) in [6.45, 7) is 18.7. The second-order valence-electron chi connectivity index (χ2n) is 15.2. The van der Waals surface area contributed by atoms with E-state index in [4.69, 9.17) is 0 Å². The largest absolute Gasteiger partial charge is 0.309 e. The summed E-state index contributed by atoms with van der Waals surface area (Å²) in [5, 5.41) is 7.23. The fourth-order valence-corrected chi connectivity index (χ4v) is 9.77. The van der Waals surface area contributed by atoms with Crippen molar-refractivity contribution in [3.8, 4) is 27.9 Å². The number of aryl methyl sites for hydroxylation is 2. The molecule has 0 N–H and O–H groups in total. The maximum absolute atomic E-state index is 2.50. The summed E-state index contributed by atoms with van der Waals surface area (Å²) in [5.74, 6) is 0. The number of nitrogens with zero attached hydrogens (tertiary/aromatic N) is 1. The molecule has 0 saturated heterocycles. The standard InChI is InChI=1S/C42H40BNS2/c1-25-21-29(44-36-15-13-27(41(3,4)5)23-34(36)35-24-28(42(6,7)8)14-16-37(35)44)22-26(2)38(25)43-39-32(17-19-45-39)30-11-9-10-12-31(30)33-18-20-46-40(33)43/h9-24H,1-8H3. The van der Waals surface area contributed by atoms with Gasteiger partial charge < -0.3 is 4.57 Å². The van der Waals surface area contributed by atoms with Crippen molar-refractivity contribution in [1.29, 1.82) is 0 Å². The Labute approximate surface area is 281 Å². The molecular formula is C42H40BNS2. The molecule has 0 aliphatic carbocycles. The van der Waals surface area contributed by atoms with Crippen molar-refractivity contribution < 1.29 is 0 Å². The van der Waals surface area contributed by atoms with Gasteiger partial charge in [0.25, 0.3) is 6.71 Å². The Morgan fingerprint density at radius 2 is 1.00 bits per heavy atom. The van der Waals surface area contributed by atoms with Gasteiger partial charge >= 0.3 is 0 Å². The van der Waals surface area contributed by atoms with Gasteiger partial charge in [0.15, 0.2) is 0 Å².